The molecule has 1 radical (unpaired) electrons. The minimum absolute atomic E-state index is 0.0531. The highest BCUT2D eigenvalue weighted by Gasteiger charge is 2.07. The molecule has 0 atom stereocenters. The van der Waals surface area contributed by atoms with Crippen molar-refractivity contribution in [1.29, 1.82) is 0 Å². The van der Waals surface area contributed by atoms with E-state index in [0.29, 0.717) is 22.0 Å². The molecule has 0 unspecified atom stereocenters. The van der Waals surface area contributed by atoms with Gasteiger partial charge in [-0.05, 0) is 23.8 Å². The van der Waals surface area contributed by atoms with E-state index >= 15 is 0 Å². The van der Waals surface area contributed by atoms with Gasteiger partial charge in [0.15, 0.2) is 5.78 Å². The van der Waals surface area contributed by atoms with Crippen LogP contribution in [0.25, 0.3) is 0 Å². The number of carbonyl (C=O) groups excluding carboxylic acids is 1. The average Bonchev–Trinajstić information content (AvgIpc) is 2.35. The van der Waals surface area contributed by atoms with Gasteiger partial charge in [-0.1, -0.05) is 53.5 Å². The number of Topliss-reactive ketones (excluding diaryl/α,β-unsaturated/α-hetero) is 1. The molecule has 85 valence electrons. The van der Waals surface area contributed by atoms with E-state index in [-0.39, 0.29) is 5.78 Å². The second-order valence-corrected chi connectivity index (χ2v) is 4.45. The normalized spacial score (nSPS) is 10.2. The topological polar surface area (TPSA) is 17.1 Å². The SMILES string of the molecule is O=C(Cc1ccc(Cl)c(Cl)c1)c1cc[c]cc1. The molecule has 0 aliphatic carbocycles. The highest BCUT2D eigenvalue weighted by atomic mass is 35.5. The lowest BCUT2D eigenvalue weighted by Crippen LogP contribution is -2.03. The Morgan fingerprint density at radius 1 is 1.06 bits per heavy atom. The van der Waals surface area contributed by atoms with Gasteiger partial charge in [-0.15, -0.1) is 0 Å². The van der Waals surface area contributed by atoms with E-state index in [1.165, 1.54) is 0 Å². The summed E-state index contributed by atoms with van der Waals surface area (Å²) in [6.45, 7) is 0. The zero-order valence-electron chi connectivity index (χ0n) is 8.91. The van der Waals surface area contributed by atoms with Crippen LogP contribution < -0.4 is 0 Å². The number of benzene rings is 2. The van der Waals surface area contributed by atoms with Crippen molar-refractivity contribution < 1.29 is 4.79 Å². The van der Waals surface area contributed by atoms with E-state index in [9.17, 15) is 4.79 Å². The van der Waals surface area contributed by atoms with Gasteiger partial charge in [-0.25, -0.2) is 0 Å². The molecule has 0 amide bonds. The summed E-state index contributed by atoms with van der Waals surface area (Å²) in [4.78, 5) is 11.9. The molecule has 0 N–H and O–H groups in total. The van der Waals surface area contributed by atoms with Crippen molar-refractivity contribution in [3.05, 3.63) is 69.7 Å². The van der Waals surface area contributed by atoms with Gasteiger partial charge in [-0.2, -0.15) is 0 Å². The van der Waals surface area contributed by atoms with Crippen LogP contribution in [0.1, 0.15) is 15.9 Å². The fraction of sp³-hybridized carbons (Fsp3) is 0.0714. The van der Waals surface area contributed by atoms with Crippen LogP contribution in [-0.2, 0) is 6.42 Å². The van der Waals surface area contributed by atoms with Crippen molar-refractivity contribution in [3.63, 3.8) is 0 Å². The second kappa shape index (κ2) is 5.35. The Bertz CT molecular complexity index is 535. The van der Waals surface area contributed by atoms with Crippen molar-refractivity contribution in [2.45, 2.75) is 6.42 Å². The molecule has 0 aliphatic rings. The molecule has 2 rings (SSSR count). The van der Waals surface area contributed by atoms with Crippen LogP contribution in [0.15, 0.2) is 42.5 Å². The standard InChI is InChI=1S/C14H9Cl2O/c15-12-7-6-10(8-13(12)16)9-14(17)11-4-2-1-3-5-11/h2-8H,9H2. The Morgan fingerprint density at radius 2 is 1.76 bits per heavy atom. The van der Waals surface area contributed by atoms with Gasteiger partial charge < -0.3 is 0 Å². The molecule has 1 nitrogen and oxygen atoms in total. The predicted molar refractivity (Wildman–Crippen MR) is 69.8 cm³/mol. The van der Waals surface area contributed by atoms with E-state index in [0.717, 1.165) is 5.56 Å². The molecule has 0 aromatic heterocycles. The van der Waals surface area contributed by atoms with Gasteiger partial charge in [0.1, 0.15) is 0 Å². The molecule has 0 saturated heterocycles. The van der Waals surface area contributed by atoms with Crippen LogP contribution in [0.2, 0.25) is 10.0 Å². The zero-order chi connectivity index (χ0) is 12.3. The summed E-state index contributed by atoms with van der Waals surface area (Å²) >= 11 is 11.7. The summed E-state index contributed by atoms with van der Waals surface area (Å²) in [5.74, 6) is 0.0531. The summed E-state index contributed by atoms with van der Waals surface area (Å²) in [6.07, 6.45) is 0.320. The number of halogens is 2. The maximum absolute atomic E-state index is 11.9. The van der Waals surface area contributed by atoms with Gasteiger partial charge in [0.25, 0.3) is 0 Å². The lowest BCUT2D eigenvalue weighted by molar-refractivity contribution is 0.0993. The van der Waals surface area contributed by atoms with Crippen molar-refractivity contribution in [1.82, 2.24) is 0 Å². The number of carbonyl (C=O) groups is 1. The Kier molecular flexibility index (Phi) is 3.82. The Labute approximate surface area is 110 Å². The van der Waals surface area contributed by atoms with E-state index in [4.69, 9.17) is 23.2 Å². The smallest absolute Gasteiger partial charge is 0.167 e. The summed E-state index contributed by atoms with van der Waals surface area (Å²) in [6, 6.07) is 15.1. The fourth-order valence-corrected chi connectivity index (χ4v) is 1.83. The first-order valence-electron chi connectivity index (χ1n) is 5.10. The van der Waals surface area contributed by atoms with Crippen LogP contribution in [0, 0.1) is 6.07 Å². The van der Waals surface area contributed by atoms with Gasteiger partial charge in [0.2, 0.25) is 0 Å². The van der Waals surface area contributed by atoms with Gasteiger partial charge in [0.05, 0.1) is 10.0 Å². The van der Waals surface area contributed by atoms with Gasteiger partial charge in [0, 0.05) is 12.0 Å². The van der Waals surface area contributed by atoms with E-state index < -0.39 is 0 Å². The van der Waals surface area contributed by atoms with Crippen LogP contribution in [0.5, 0.6) is 0 Å². The molecule has 3 heteroatoms. The average molecular weight is 264 g/mol. The van der Waals surface area contributed by atoms with E-state index in [2.05, 4.69) is 6.07 Å². The number of ketones is 1. The third-order valence-electron chi connectivity index (χ3n) is 2.39. The Hall–Kier alpha value is -1.31. The maximum atomic E-state index is 11.9. The lowest BCUT2D eigenvalue weighted by Gasteiger charge is -2.03. The largest absolute Gasteiger partial charge is 0.294 e. The van der Waals surface area contributed by atoms with Crippen LogP contribution >= 0.6 is 23.2 Å². The molecule has 0 heterocycles. The molecule has 2 aromatic carbocycles. The summed E-state index contributed by atoms with van der Waals surface area (Å²) in [5.41, 5.74) is 1.53. The molecule has 0 saturated carbocycles. The van der Waals surface area contributed by atoms with Crippen LogP contribution in [-0.4, -0.2) is 5.78 Å². The highest BCUT2D eigenvalue weighted by molar-refractivity contribution is 6.42. The van der Waals surface area contributed by atoms with E-state index in [1.807, 2.05) is 0 Å². The predicted octanol–water partition coefficient (Wildman–Crippen LogP) is 4.22. The van der Waals surface area contributed by atoms with Crippen molar-refractivity contribution in [3.8, 4) is 0 Å². The summed E-state index contributed by atoms with van der Waals surface area (Å²) in [7, 11) is 0. The fourth-order valence-electron chi connectivity index (χ4n) is 1.51. The molecule has 0 spiro atoms. The van der Waals surface area contributed by atoms with Crippen molar-refractivity contribution >= 4 is 29.0 Å². The maximum Gasteiger partial charge on any atom is 0.167 e. The molecule has 0 aliphatic heterocycles. The zero-order valence-corrected chi connectivity index (χ0v) is 10.4. The third kappa shape index (κ3) is 3.09. The highest BCUT2D eigenvalue weighted by Crippen LogP contribution is 2.23. The number of hydrogen-bond acceptors (Lipinski definition) is 1. The summed E-state index contributed by atoms with van der Waals surface area (Å²) < 4.78 is 0. The molecule has 0 fully saturated rings. The molecule has 0 bridgehead atoms. The van der Waals surface area contributed by atoms with Crippen molar-refractivity contribution in [2.75, 3.05) is 0 Å². The first kappa shape index (κ1) is 12.2. The van der Waals surface area contributed by atoms with Crippen molar-refractivity contribution in [2.24, 2.45) is 0 Å². The molecule has 2 aromatic rings. The Balaban J connectivity index is 2.16. The quantitative estimate of drug-likeness (QED) is 0.758. The Morgan fingerprint density at radius 3 is 2.41 bits per heavy atom. The number of hydrogen-bond donors (Lipinski definition) is 0. The van der Waals surface area contributed by atoms with Crippen LogP contribution in [0.3, 0.4) is 0 Å². The first-order valence-corrected chi connectivity index (χ1v) is 5.85. The number of rotatable bonds is 3. The van der Waals surface area contributed by atoms with Crippen LogP contribution in [0.4, 0.5) is 0 Å². The molecule has 17 heavy (non-hydrogen) atoms. The molecular formula is C14H9Cl2O. The first-order chi connectivity index (χ1) is 8.16. The summed E-state index contributed by atoms with van der Waals surface area (Å²) in [5, 5.41) is 0.968. The minimum atomic E-state index is 0.0531. The lowest BCUT2D eigenvalue weighted by atomic mass is 10.0. The monoisotopic (exact) mass is 263 g/mol. The minimum Gasteiger partial charge on any atom is -0.294 e. The third-order valence-corrected chi connectivity index (χ3v) is 3.13. The van der Waals surface area contributed by atoms with Gasteiger partial charge >= 0.3 is 0 Å². The molecular weight excluding hydrogens is 255 g/mol. The van der Waals surface area contributed by atoms with E-state index in [1.54, 1.807) is 42.5 Å². The van der Waals surface area contributed by atoms with Gasteiger partial charge in [-0.3, -0.25) is 4.79 Å². The second-order valence-electron chi connectivity index (χ2n) is 3.64.